The summed E-state index contributed by atoms with van der Waals surface area (Å²) in [6, 6.07) is 3.64. The van der Waals surface area contributed by atoms with Crippen molar-refractivity contribution in [1.29, 1.82) is 0 Å². The molecular formula is C9H11N3O. The predicted molar refractivity (Wildman–Crippen MR) is 49.6 cm³/mol. The van der Waals surface area contributed by atoms with E-state index in [1.165, 1.54) is 0 Å². The van der Waals surface area contributed by atoms with E-state index in [-0.39, 0.29) is 6.03 Å². The van der Waals surface area contributed by atoms with Crippen molar-refractivity contribution in [3.63, 3.8) is 0 Å². The molecule has 0 atom stereocenters. The maximum atomic E-state index is 11.4. The van der Waals surface area contributed by atoms with Gasteiger partial charge in [-0.1, -0.05) is 0 Å². The quantitative estimate of drug-likeness (QED) is 0.645. The van der Waals surface area contributed by atoms with Gasteiger partial charge in [-0.3, -0.25) is 4.98 Å². The number of anilines is 1. The molecule has 0 radical (unpaired) electrons. The van der Waals surface area contributed by atoms with Crippen molar-refractivity contribution in [3.05, 3.63) is 24.0 Å². The fourth-order valence-corrected chi connectivity index (χ4v) is 1.34. The summed E-state index contributed by atoms with van der Waals surface area (Å²) in [5.74, 6) is 0. The van der Waals surface area contributed by atoms with E-state index < -0.39 is 0 Å². The molecule has 0 bridgehead atoms. The number of rotatable bonds is 0. The average molecular weight is 177 g/mol. The van der Waals surface area contributed by atoms with Gasteiger partial charge in [0.1, 0.15) is 0 Å². The van der Waals surface area contributed by atoms with Crippen LogP contribution in [0.2, 0.25) is 0 Å². The minimum absolute atomic E-state index is 0.0632. The Kier molecular flexibility index (Phi) is 1.88. The topological polar surface area (TPSA) is 45.2 Å². The minimum Gasteiger partial charge on any atom is -0.327 e. The van der Waals surface area contributed by atoms with Crippen LogP contribution in [0.4, 0.5) is 10.5 Å². The molecule has 1 aliphatic rings. The number of nitrogens with zero attached hydrogens (tertiary/aromatic N) is 2. The van der Waals surface area contributed by atoms with E-state index in [2.05, 4.69) is 10.3 Å². The summed E-state index contributed by atoms with van der Waals surface area (Å²) in [5, 5.41) is 2.80. The van der Waals surface area contributed by atoms with Crippen LogP contribution in [0.1, 0.15) is 5.69 Å². The lowest BCUT2D eigenvalue weighted by Crippen LogP contribution is -2.30. The van der Waals surface area contributed by atoms with Crippen LogP contribution >= 0.6 is 0 Å². The highest BCUT2D eigenvalue weighted by molar-refractivity contribution is 5.90. The summed E-state index contributed by atoms with van der Waals surface area (Å²) in [6.07, 6.45) is 2.56. The Bertz CT molecular complexity index is 337. The predicted octanol–water partition coefficient (Wildman–Crippen LogP) is 1.10. The minimum atomic E-state index is -0.0632. The van der Waals surface area contributed by atoms with Gasteiger partial charge in [-0.2, -0.15) is 0 Å². The Morgan fingerprint density at radius 3 is 3.31 bits per heavy atom. The normalized spacial score (nSPS) is 16.1. The molecule has 2 amide bonds. The molecular weight excluding hydrogens is 166 g/mol. The second-order valence-electron chi connectivity index (χ2n) is 3.10. The Morgan fingerprint density at radius 2 is 2.46 bits per heavy atom. The fourth-order valence-electron chi connectivity index (χ4n) is 1.34. The Balaban J connectivity index is 2.35. The Labute approximate surface area is 76.6 Å². The van der Waals surface area contributed by atoms with Gasteiger partial charge in [0.05, 0.1) is 11.4 Å². The SMILES string of the molecule is CN1CCc2ncccc2NC1=O. The highest BCUT2D eigenvalue weighted by atomic mass is 16.2. The lowest BCUT2D eigenvalue weighted by molar-refractivity contribution is 0.224. The fraction of sp³-hybridized carbons (Fsp3) is 0.333. The number of hydrogen-bond donors (Lipinski definition) is 1. The zero-order chi connectivity index (χ0) is 9.26. The zero-order valence-electron chi connectivity index (χ0n) is 7.45. The Hall–Kier alpha value is -1.58. The number of carbonyl (C=O) groups is 1. The maximum absolute atomic E-state index is 11.4. The van der Waals surface area contributed by atoms with Gasteiger partial charge < -0.3 is 10.2 Å². The van der Waals surface area contributed by atoms with Crippen LogP contribution < -0.4 is 5.32 Å². The Morgan fingerprint density at radius 1 is 1.62 bits per heavy atom. The molecule has 1 N–H and O–H groups in total. The number of hydrogen-bond acceptors (Lipinski definition) is 2. The van der Waals surface area contributed by atoms with Gasteiger partial charge in [-0.25, -0.2) is 4.79 Å². The molecule has 68 valence electrons. The van der Waals surface area contributed by atoms with Crippen molar-refractivity contribution in [1.82, 2.24) is 9.88 Å². The van der Waals surface area contributed by atoms with Crippen LogP contribution in [0.5, 0.6) is 0 Å². The summed E-state index contributed by atoms with van der Waals surface area (Å²) in [4.78, 5) is 17.2. The van der Waals surface area contributed by atoms with Gasteiger partial charge >= 0.3 is 6.03 Å². The molecule has 0 unspecified atom stereocenters. The molecule has 0 aromatic carbocycles. The van der Waals surface area contributed by atoms with Crippen LogP contribution in [0.25, 0.3) is 0 Å². The molecule has 4 nitrogen and oxygen atoms in total. The summed E-state index contributed by atoms with van der Waals surface area (Å²) in [7, 11) is 1.78. The average Bonchev–Trinajstić information content (AvgIpc) is 2.28. The van der Waals surface area contributed by atoms with Gasteiger partial charge in [-0.15, -0.1) is 0 Å². The lowest BCUT2D eigenvalue weighted by Gasteiger charge is -2.12. The van der Waals surface area contributed by atoms with Gasteiger partial charge in [-0.05, 0) is 12.1 Å². The van der Waals surface area contributed by atoms with E-state index in [1.54, 1.807) is 18.1 Å². The van der Waals surface area contributed by atoms with Crippen molar-refractivity contribution in [2.24, 2.45) is 0 Å². The molecule has 0 saturated carbocycles. The summed E-state index contributed by atoms with van der Waals surface area (Å²) in [5.41, 5.74) is 1.79. The van der Waals surface area contributed by atoms with Gasteiger partial charge in [0, 0.05) is 26.2 Å². The smallest absolute Gasteiger partial charge is 0.321 e. The first-order chi connectivity index (χ1) is 6.27. The van der Waals surface area contributed by atoms with Crippen LogP contribution in [-0.4, -0.2) is 29.5 Å². The molecule has 4 heteroatoms. The molecule has 1 aliphatic heterocycles. The molecule has 0 saturated heterocycles. The van der Waals surface area contributed by atoms with E-state index >= 15 is 0 Å². The molecule has 0 fully saturated rings. The van der Waals surface area contributed by atoms with Crippen LogP contribution in [0.3, 0.4) is 0 Å². The van der Waals surface area contributed by atoms with Crippen LogP contribution in [0.15, 0.2) is 18.3 Å². The largest absolute Gasteiger partial charge is 0.327 e. The third kappa shape index (κ3) is 1.47. The van der Waals surface area contributed by atoms with Crippen molar-refractivity contribution in [2.75, 3.05) is 18.9 Å². The number of aromatic nitrogens is 1. The van der Waals surface area contributed by atoms with Crippen LogP contribution in [0, 0.1) is 0 Å². The summed E-state index contributed by atoms with van der Waals surface area (Å²) >= 11 is 0. The number of urea groups is 1. The number of nitrogens with one attached hydrogen (secondary N) is 1. The monoisotopic (exact) mass is 177 g/mol. The summed E-state index contributed by atoms with van der Waals surface area (Å²) < 4.78 is 0. The second kappa shape index (κ2) is 3.05. The number of likely N-dealkylation sites (N-methyl/N-ethyl adjacent to an activating group) is 1. The van der Waals surface area contributed by atoms with Crippen molar-refractivity contribution < 1.29 is 4.79 Å². The highest BCUT2D eigenvalue weighted by Gasteiger charge is 2.16. The molecule has 2 rings (SSSR count). The highest BCUT2D eigenvalue weighted by Crippen LogP contribution is 2.16. The third-order valence-electron chi connectivity index (χ3n) is 2.16. The third-order valence-corrected chi connectivity index (χ3v) is 2.16. The van der Waals surface area contributed by atoms with Crippen molar-refractivity contribution in [2.45, 2.75) is 6.42 Å². The standard InChI is InChI=1S/C9H11N3O/c1-12-6-4-7-8(11-9(12)13)3-2-5-10-7/h2-3,5H,4,6H2,1H3,(H,11,13). The number of amides is 2. The maximum Gasteiger partial charge on any atom is 0.321 e. The van der Waals surface area contributed by atoms with Crippen molar-refractivity contribution >= 4 is 11.7 Å². The van der Waals surface area contributed by atoms with E-state index in [9.17, 15) is 4.79 Å². The molecule has 2 heterocycles. The zero-order valence-corrected chi connectivity index (χ0v) is 7.45. The molecule has 1 aromatic heterocycles. The molecule has 13 heavy (non-hydrogen) atoms. The number of pyridine rings is 1. The van der Waals surface area contributed by atoms with Gasteiger partial charge in [0.15, 0.2) is 0 Å². The molecule has 0 aliphatic carbocycles. The van der Waals surface area contributed by atoms with E-state index in [4.69, 9.17) is 0 Å². The second-order valence-corrected chi connectivity index (χ2v) is 3.10. The van der Waals surface area contributed by atoms with Gasteiger partial charge in [0.25, 0.3) is 0 Å². The molecule has 1 aromatic rings. The van der Waals surface area contributed by atoms with E-state index in [1.807, 2.05) is 12.1 Å². The first kappa shape index (κ1) is 8.04. The van der Waals surface area contributed by atoms with E-state index in [0.29, 0.717) is 0 Å². The lowest BCUT2D eigenvalue weighted by atomic mass is 10.2. The number of fused-ring (bicyclic) bond motifs is 1. The van der Waals surface area contributed by atoms with Crippen LogP contribution in [-0.2, 0) is 6.42 Å². The van der Waals surface area contributed by atoms with E-state index in [0.717, 1.165) is 24.3 Å². The number of carbonyl (C=O) groups excluding carboxylic acids is 1. The van der Waals surface area contributed by atoms with Crippen molar-refractivity contribution in [3.8, 4) is 0 Å². The molecule has 0 spiro atoms. The first-order valence-electron chi connectivity index (χ1n) is 4.23. The summed E-state index contributed by atoms with van der Waals surface area (Å²) in [6.45, 7) is 0.718. The first-order valence-corrected chi connectivity index (χ1v) is 4.23. The van der Waals surface area contributed by atoms with Gasteiger partial charge in [0.2, 0.25) is 0 Å².